The van der Waals surface area contributed by atoms with Crippen LogP contribution in [0.15, 0.2) is 158 Å². The molecule has 0 radical (unpaired) electrons. The molecule has 70 heavy (non-hydrogen) atoms. The van der Waals surface area contributed by atoms with Crippen molar-refractivity contribution >= 4 is 32.8 Å². The summed E-state index contributed by atoms with van der Waals surface area (Å²) < 4.78 is 13.3. The quantitative estimate of drug-likeness (QED) is 0.118. The van der Waals surface area contributed by atoms with E-state index >= 15 is 0 Å². The van der Waals surface area contributed by atoms with E-state index in [9.17, 15) is 0 Å². The summed E-state index contributed by atoms with van der Waals surface area (Å²) in [5.41, 5.74) is 15.4. The van der Waals surface area contributed by atoms with Crippen LogP contribution in [0.2, 0.25) is 0 Å². The molecule has 0 fully saturated rings. The third kappa shape index (κ3) is 9.17. The Morgan fingerprint density at radius 2 is 1.07 bits per heavy atom. The number of pyridine rings is 1. The minimum absolute atomic E-state index is 0. The molecule has 0 saturated heterocycles. The Kier molecular flexibility index (Phi) is 12.5. The Morgan fingerprint density at radius 1 is 0.486 bits per heavy atom. The van der Waals surface area contributed by atoms with Gasteiger partial charge in [-0.2, -0.15) is 18.2 Å². The van der Waals surface area contributed by atoms with E-state index in [-0.39, 0.29) is 42.7 Å². The summed E-state index contributed by atoms with van der Waals surface area (Å²) in [4.78, 5) is 4.88. The molecule has 0 spiro atoms. The Morgan fingerprint density at radius 3 is 1.77 bits per heavy atom. The number of ether oxygens (including phenoxy) is 1. The minimum atomic E-state index is -0.0514. The summed E-state index contributed by atoms with van der Waals surface area (Å²) in [7, 11) is 0. The van der Waals surface area contributed by atoms with Gasteiger partial charge in [0.2, 0.25) is 0 Å². The standard InChI is InChI=1S/C64H62N4O.Pt/c1-61(2,3)44-21-17-20-42(34-44)51-25-19-26-52(43-35-46(63(7,8)9)37-47(36-43)64(10,11)12)60(51)67-41-66(56-28-15-16-29-57(56)67)48-22-18-23-49(39-48)69-50-30-31-54-53-24-13-14-27-55(53)68(58(54)40-50)59-38-45(32-33-65-59)62(4,5)6;/h13-38H,1-12H3;/q-2;. The molecule has 0 aliphatic carbocycles. The summed E-state index contributed by atoms with van der Waals surface area (Å²) in [6.45, 7) is 27.3. The molecule has 0 N–H and O–H groups in total. The van der Waals surface area contributed by atoms with Crippen molar-refractivity contribution < 1.29 is 30.4 Å². The molecule has 0 amide bonds. The molecule has 3 heterocycles. The zero-order valence-corrected chi connectivity index (χ0v) is 44.8. The fraction of sp³-hybridized carbons (Fsp3) is 0.250. The molecule has 3 aromatic heterocycles. The second-order valence-electron chi connectivity index (χ2n) is 22.7. The van der Waals surface area contributed by atoms with Gasteiger partial charge in [0.15, 0.2) is 0 Å². The van der Waals surface area contributed by atoms with E-state index in [1.807, 2.05) is 24.4 Å². The largest absolute Gasteiger partial charge is 0.510 e. The normalized spacial score (nSPS) is 12.5. The van der Waals surface area contributed by atoms with Gasteiger partial charge in [-0.25, -0.2) is 4.98 Å². The molecule has 356 valence electrons. The Bertz CT molecular complexity index is 3550. The first kappa shape index (κ1) is 48.5. The predicted molar refractivity (Wildman–Crippen MR) is 286 cm³/mol. The molecule has 0 unspecified atom stereocenters. The van der Waals surface area contributed by atoms with Crippen molar-refractivity contribution in [3.8, 4) is 50.9 Å². The first-order valence-electron chi connectivity index (χ1n) is 24.2. The SMILES string of the molecule is CC(C)(C)c1cccc(-c2cccc(-c3cc(C(C)(C)C)cc(C(C)(C)C)c3)c2-[n+]2[c-]n(-c3[c-]c(Oc4[c-]c5c(cc4)c4ccccc4n5-c4cc(C(C)(C)C)ccn4)ccc3)c3ccccc32)c1.[Pt]. The first-order chi connectivity index (χ1) is 32.7. The maximum absolute atomic E-state index is 6.71. The number of benzene rings is 7. The van der Waals surface area contributed by atoms with Crippen molar-refractivity contribution in [2.75, 3.05) is 0 Å². The molecule has 10 aromatic rings. The average molecular weight is 1100 g/mol. The maximum atomic E-state index is 6.71. The summed E-state index contributed by atoms with van der Waals surface area (Å²) in [6.07, 6.45) is 5.78. The maximum Gasteiger partial charge on any atom is 0.268 e. The van der Waals surface area contributed by atoms with Crippen molar-refractivity contribution in [1.82, 2.24) is 14.1 Å². The average Bonchev–Trinajstić information content (AvgIpc) is 3.86. The van der Waals surface area contributed by atoms with Crippen LogP contribution in [0.4, 0.5) is 0 Å². The zero-order valence-electron chi connectivity index (χ0n) is 42.5. The van der Waals surface area contributed by atoms with Crippen molar-refractivity contribution in [2.24, 2.45) is 0 Å². The van der Waals surface area contributed by atoms with Crippen LogP contribution >= 0.6 is 0 Å². The van der Waals surface area contributed by atoms with Crippen LogP contribution in [-0.4, -0.2) is 14.1 Å². The van der Waals surface area contributed by atoms with E-state index in [2.05, 4.69) is 249 Å². The number of aromatic nitrogens is 4. The van der Waals surface area contributed by atoms with Crippen LogP contribution in [0.5, 0.6) is 11.5 Å². The Balaban J connectivity index is 0.00000608. The molecule has 7 aromatic carbocycles. The van der Waals surface area contributed by atoms with Crippen molar-refractivity contribution in [3.05, 3.63) is 199 Å². The van der Waals surface area contributed by atoms with Gasteiger partial charge in [-0.1, -0.05) is 192 Å². The van der Waals surface area contributed by atoms with Crippen LogP contribution < -0.4 is 9.30 Å². The molecule has 10 rings (SSSR count). The third-order valence-corrected chi connectivity index (χ3v) is 13.5. The number of nitrogens with zero attached hydrogens (tertiary/aromatic N) is 4. The van der Waals surface area contributed by atoms with Gasteiger partial charge in [0.25, 0.3) is 6.33 Å². The second kappa shape index (κ2) is 18.0. The molecule has 5 nitrogen and oxygen atoms in total. The van der Waals surface area contributed by atoms with Crippen molar-refractivity contribution in [3.63, 3.8) is 0 Å². The zero-order chi connectivity index (χ0) is 48.6. The summed E-state index contributed by atoms with van der Waals surface area (Å²) >= 11 is 0. The third-order valence-electron chi connectivity index (χ3n) is 13.5. The molecule has 0 saturated carbocycles. The molecule has 0 aliphatic heterocycles. The van der Waals surface area contributed by atoms with Gasteiger partial charge >= 0.3 is 0 Å². The van der Waals surface area contributed by atoms with E-state index < -0.39 is 0 Å². The number of imidazole rings is 1. The first-order valence-corrected chi connectivity index (χ1v) is 24.2. The van der Waals surface area contributed by atoms with Gasteiger partial charge in [0.1, 0.15) is 5.82 Å². The molecule has 0 bridgehead atoms. The van der Waals surface area contributed by atoms with Crippen LogP contribution in [0.1, 0.15) is 105 Å². The number of para-hydroxylation sites is 4. The molecule has 6 heteroatoms. The molecule has 0 aliphatic rings. The van der Waals surface area contributed by atoms with Gasteiger partial charge in [-0.15, -0.1) is 29.7 Å². The minimum Gasteiger partial charge on any atom is -0.510 e. The number of hydrogen-bond acceptors (Lipinski definition) is 2. The topological polar surface area (TPSA) is 35.9 Å². The Hall–Kier alpha value is -6.55. The van der Waals surface area contributed by atoms with Gasteiger partial charge in [0, 0.05) is 44.3 Å². The van der Waals surface area contributed by atoms with Crippen LogP contribution in [-0.2, 0) is 42.7 Å². The monoisotopic (exact) mass is 1100 g/mol. The summed E-state index contributed by atoms with van der Waals surface area (Å²) in [5, 5.41) is 2.22. The van der Waals surface area contributed by atoms with Crippen molar-refractivity contribution in [1.29, 1.82) is 0 Å². The number of hydrogen-bond donors (Lipinski definition) is 0. The fourth-order valence-corrected chi connectivity index (χ4v) is 9.38. The van der Waals surface area contributed by atoms with Gasteiger partial charge < -0.3 is 13.9 Å². The van der Waals surface area contributed by atoms with E-state index in [0.29, 0.717) is 11.5 Å². The van der Waals surface area contributed by atoms with E-state index in [1.54, 1.807) is 0 Å². The van der Waals surface area contributed by atoms with Gasteiger partial charge in [-0.05, 0) is 95.4 Å². The smallest absolute Gasteiger partial charge is 0.268 e. The Labute approximate surface area is 429 Å². The molecular formula is C64H62N4OPt-2. The van der Waals surface area contributed by atoms with Crippen LogP contribution in [0, 0.1) is 18.5 Å². The number of fused-ring (bicyclic) bond motifs is 4. The van der Waals surface area contributed by atoms with E-state index in [0.717, 1.165) is 66.7 Å². The van der Waals surface area contributed by atoms with E-state index in [1.165, 1.54) is 27.8 Å². The molecular weight excluding hydrogens is 1040 g/mol. The summed E-state index contributed by atoms with van der Waals surface area (Å²) in [6, 6.07) is 61.7. The summed E-state index contributed by atoms with van der Waals surface area (Å²) in [5.74, 6) is 2.01. The van der Waals surface area contributed by atoms with Gasteiger partial charge in [0.05, 0.1) is 16.7 Å². The molecule has 0 atom stereocenters. The second-order valence-corrected chi connectivity index (χ2v) is 22.7. The fourth-order valence-electron chi connectivity index (χ4n) is 9.38. The van der Waals surface area contributed by atoms with Crippen LogP contribution in [0.3, 0.4) is 0 Å². The van der Waals surface area contributed by atoms with Gasteiger partial charge in [-0.3, -0.25) is 4.57 Å². The predicted octanol–water partition coefficient (Wildman–Crippen LogP) is 16.1. The van der Waals surface area contributed by atoms with E-state index in [4.69, 9.17) is 9.72 Å². The number of rotatable bonds is 7. The van der Waals surface area contributed by atoms with Crippen LogP contribution in [0.25, 0.3) is 72.3 Å². The van der Waals surface area contributed by atoms with Crippen molar-refractivity contribution in [2.45, 2.75) is 105 Å².